The average Bonchev–Trinajstić information content (AvgIpc) is 3.18. The van der Waals surface area contributed by atoms with Crippen LogP contribution in [0.15, 0.2) is 40.0 Å². The molecule has 10 heteroatoms. The Bertz CT molecular complexity index is 1400. The highest BCUT2D eigenvalue weighted by Gasteiger charge is 2.33. The molecular weight excluding hydrogens is 532 g/mol. The summed E-state index contributed by atoms with van der Waals surface area (Å²) in [4.78, 5) is 41.5. The summed E-state index contributed by atoms with van der Waals surface area (Å²) >= 11 is 6.59. The minimum Gasteiger partial charge on any atom is -0.481 e. The first-order valence-electron chi connectivity index (χ1n) is 13.2. The van der Waals surface area contributed by atoms with E-state index in [2.05, 4.69) is 35.2 Å². The lowest BCUT2D eigenvalue weighted by atomic mass is 9.90. The number of aromatic nitrogens is 1. The van der Waals surface area contributed by atoms with Crippen LogP contribution < -0.4 is 10.5 Å². The minimum absolute atomic E-state index is 0.0490. The summed E-state index contributed by atoms with van der Waals surface area (Å²) in [6, 6.07) is 12.5. The standard InChI is InChI=1S/C29H32N4O4S2/c1-3-32-26(31-14-11-21(12-15-31)16-20-8-5-4-6-9-20)22(19(2)23(18-30)27(32)36)17-24-28(37)33(29(38)39-24)13-7-10-25(34)35/h4-6,8-9,17,21H,3,7,10-16H2,1-2H3,(H,34,35)/b24-17-. The highest BCUT2D eigenvalue weighted by atomic mass is 32.2. The number of benzene rings is 1. The Hall–Kier alpha value is -3.42. The zero-order valence-electron chi connectivity index (χ0n) is 22.2. The summed E-state index contributed by atoms with van der Waals surface area (Å²) in [5.74, 6) is 0.0634. The van der Waals surface area contributed by atoms with Crippen molar-refractivity contribution in [3.05, 3.63) is 67.8 Å². The molecular formula is C29H32N4O4S2. The normalized spacial score (nSPS) is 17.2. The average molecular weight is 565 g/mol. The van der Waals surface area contributed by atoms with Gasteiger partial charge in [0, 0.05) is 38.2 Å². The first-order valence-corrected chi connectivity index (χ1v) is 14.4. The number of hydrogen-bond acceptors (Lipinski definition) is 7. The maximum atomic E-state index is 13.3. The van der Waals surface area contributed by atoms with Crippen LogP contribution in [0.25, 0.3) is 6.08 Å². The maximum Gasteiger partial charge on any atom is 0.303 e. The number of carbonyl (C=O) groups is 2. The summed E-state index contributed by atoms with van der Waals surface area (Å²) < 4.78 is 2.02. The van der Waals surface area contributed by atoms with Crippen molar-refractivity contribution in [2.24, 2.45) is 5.92 Å². The Balaban J connectivity index is 1.66. The second kappa shape index (κ2) is 12.6. The Morgan fingerprint density at radius 2 is 1.92 bits per heavy atom. The number of rotatable bonds is 9. The van der Waals surface area contributed by atoms with Crippen molar-refractivity contribution < 1.29 is 14.7 Å². The predicted molar refractivity (Wildman–Crippen MR) is 158 cm³/mol. The van der Waals surface area contributed by atoms with Gasteiger partial charge in [-0.2, -0.15) is 5.26 Å². The second-order valence-corrected chi connectivity index (χ2v) is 11.5. The van der Waals surface area contributed by atoms with Crippen molar-refractivity contribution in [2.45, 2.75) is 52.5 Å². The van der Waals surface area contributed by atoms with E-state index in [1.165, 1.54) is 10.5 Å². The zero-order chi connectivity index (χ0) is 28.1. The van der Waals surface area contributed by atoms with Gasteiger partial charge in [0.05, 0.1) is 4.91 Å². The van der Waals surface area contributed by atoms with Crippen molar-refractivity contribution in [2.75, 3.05) is 24.5 Å². The molecule has 0 aliphatic carbocycles. The van der Waals surface area contributed by atoms with Crippen molar-refractivity contribution in [3.63, 3.8) is 0 Å². The van der Waals surface area contributed by atoms with Crippen LogP contribution in [-0.4, -0.2) is 50.4 Å². The Morgan fingerprint density at radius 3 is 2.54 bits per heavy atom. The van der Waals surface area contributed by atoms with E-state index in [1.54, 1.807) is 17.6 Å². The summed E-state index contributed by atoms with van der Waals surface area (Å²) in [5.41, 5.74) is 2.30. The van der Waals surface area contributed by atoms with Gasteiger partial charge >= 0.3 is 5.97 Å². The van der Waals surface area contributed by atoms with Gasteiger partial charge in [0.2, 0.25) is 0 Å². The van der Waals surface area contributed by atoms with E-state index in [9.17, 15) is 19.6 Å². The van der Waals surface area contributed by atoms with Crippen LogP contribution in [0, 0.1) is 24.2 Å². The van der Waals surface area contributed by atoms with E-state index in [0.29, 0.717) is 39.2 Å². The summed E-state index contributed by atoms with van der Waals surface area (Å²) in [7, 11) is 0. The van der Waals surface area contributed by atoms with E-state index >= 15 is 0 Å². The number of thiocarbonyl (C=S) groups is 1. The Kier molecular flexibility index (Phi) is 9.25. The summed E-state index contributed by atoms with van der Waals surface area (Å²) in [6.07, 6.45) is 4.96. The molecule has 2 aromatic rings. The number of nitrogens with zero attached hydrogens (tertiary/aromatic N) is 4. The van der Waals surface area contributed by atoms with Crippen molar-refractivity contribution in [3.8, 4) is 6.07 Å². The monoisotopic (exact) mass is 564 g/mol. The number of aliphatic carboxylic acids is 1. The van der Waals surface area contributed by atoms with Crippen LogP contribution >= 0.6 is 24.0 Å². The van der Waals surface area contributed by atoms with Crippen LogP contribution in [-0.2, 0) is 22.6 Å². The SMILES string of the molecule is CCn1c(N2CCC(Cc3ccccc3)CC2)c(/C=C2\SC(=S)N(CCCC(=O)O)C2=O)c(C)c(C#N)c1=O. The van der Waals surface area contributed by atoms with E-state index in [1.807, 2.05) is 13.0 Å². The number of amides is 1. The number of carbonyl (C=O) groups excluding carboxylic acids is 1. The maximum absolute atomic E-state index is 13.3. The molecule has 1 amide bonds. The molecule has 0 spiro atoms. The van der Waals surface area contributed by atoms with E-state index in [0.717, 1.165) is 49.9 Å². The lowest BCUT2D eigenvalue weighted by molar-refractivity contribution is -0.137. The molecule has 0 unspecified atom stereocenters. The molecule has 0 bridgehead atoms. The third-order valence-electron chi connectivity index (χ3n) is 7.37. The van der Waals surface area contributed by atoms with Gasteiger partial charge in [0.1, 0.15) is 21.8 Å². The molecule has 204 valence electrons. The highest BCUT2D eigenvalue weighted by molar-refractivity contribution is 8.26. The predicted octanol–water partition coefficient (Wildman–Crippen LogP) is 4.57. The first-order chi connectivity index (χ1) is 18.7. The molecule has 2 fully saturated rings. The van der Waals surface area contributed by atoms with Gasteiger partial charge in [-0.15, -0.1) is 0 Å². The summed E-state index contributed by atoms with van der Waals surface area (Å²) in [5, 5.41) is 18.8. The third-order valence-corrected chi connectivity index (χ3v) is 8.74. The molecule has 2 aliphatic heterocycles. The second-order valence-electron chi connectivity index (χ2n) is 9.85. The van der Waals surface area contributed by atoms with Crippen molar-refractivity contribution >= 4 is 52.1 Å². The van der Waals surface area contributed by atoms with Crippen LogP contribution in [0.4, 0.5) is 5.82 Å². The Morgan fingerprint density at radius 1 is 1.23 bits per heavy atom. The zero-order valence-corrected chi connectivity index (χ0v) is 23.8. The highest BCUT2D eigenvalue weighted by Crippen LogP contribution is 2.37. The molecule has 4 rings (SSSR count). The first kappa shape index (κ1) is 28.6. The lowest BCUT2D eigenvalue weighted by Crippen LogP contribution is -2.39. The molecule has 8 nitrogen and oxygen atoms in total. The number of hydrogen-bond donors (Lipinski definition) is 1. The third kappa shape index (κ3) is 6.26. The molecule has 3 heterocycles. The van der Waals surface area contributed by atoms with Gasteiger partial charge in [0.15, 0.2) is 0 Å². The van der Waals surface area contributed by atoms with Crippen LogP contribution in [0.5, 0.6) is 0 Å². The number of anilines is 1. The fraction of sp³-hybridized carbons (Fsp3) is 0.414. The quantitative estimate of drug-likeness (QED) is 0.349. The fourth-order valence-corrected chi connectivity index (χ4v) is 6.58. The topological polar surface area (TPSA) is 107 Å². The molecule has 1 N–H and O–H groups in total. The number of thioether (sulfide) groups is 1. The lowest BCUT2D eigenvalue weighted by Gasteiger charge is -2.36. The van der Waals surface area contributed by atoms with E-state index in [4.69, 9.17) is 17.3 Å². The van der Waals surface area contributed by atoms with Gasteiger partial charge in [-0.3, -0.25) is 23.9 Å². The minimum atomic E-state index is -0.922. The molecule has 39 heavy (non-hydrogen) atoms. The van der Waals surface area contributed by atoms with Gasteiger partial charge in [-0.1, -0.05) is 54.3 Å². The number of nitriles is 1. The molecule has 1 aromatic heterocycles. The van der Waals surface area contributed by atoms with Crippen molar-refractivity contribution in [1.29, 1.82) is 5.26 Å². The largest absolute Gasteiger partial charge is 0.481 e. The van der Waals surface area contributed by atoms with Gasteiger partial charge < -0.3 is 10.0 Å². The van der Waals surface area contributed by atoms with Crippen molar-refractivity contribution in [1.82, 2.24) is 9.47 Å². The Labute approximate surface area is 237 Å². The van der Waals surface area contributed by atoms with Crippen LogP contribution in [0.2, 0.25) is 0 Å². The number of carboxylic acids is 1. The van der Waals surface area contributed by atoms with Gasteiger partial charge in [0.25, 0.3) is 11.5 Å². The summed E-state index contributed by atoms with van der Waals surface area (Å²) in [6.45, 7) is 5.79. The smallest absolute Gasteiger partial charge is 0.303 e. The van der Waals surface area contributed by atoms with Crippen LogP contribution in [0.3, 0.4) is 0 Å². The molecule has 0 radical (unpaired) electrons. The molecule has 1 aromatic carbocycles. The van der Waals surface area contributed by atoms with Gasteiger partial charge in [-0.05, 0) is 62.7 Å². The fourth-order valence-electron chi connectivity index (χ4n) is 5.29. The number of carboxylic acid groups (broad SMARTS) is 1. The van der Waals surface area contributed by atoms with Gasteiger partial charge in [-0.25, -0.2) is 0 Å². The number of pyridine rings is 1. The molecule has 0 saturated carbocycles. The van der Waals surface area contributed by atoms with E-state index in [-0.39, 0.29) is 30.0 Å². The van der Waals surface area contributed by atoms with Crippen LogP contribution in [0.1, 0.15) is 54.9 Å². The number of piperidine rings is 1. The van der Waals surface area contributed by atoms with E-state index < -0.39 is 5.97 Å². The molecule has 2 aliphatic rings. The molecule has 0 atom stereocenters. The molecule has 2 saturated heterocycles.